The molecule has 0 atom stereocenters. The number of thiazole rings is 1. The summed E-state index contributed by atoms with van der Waals surface area (Å²) in [5.74, 6) is -0.630. The normalized spacial score (nSPS) is 12.0. The first-order valence-corrected chi connectivity index (χ1v) is 9.71. The fraction of sp³-hybridized carbons (Fsp3) is 0.125. The van der Waals surface area contributed by atoms with E-state index in [9.17, 15) is 21.6 Å². The number of rotatable bonds is 5. The zero-order valence-corrected chi connectivity index (χ0v) is 15.3. The second-order valence-corrected chi connectivity index (χ2v) is 7.96. The number of hydrogen-bond donors (Lipinski definition) is 1. The Balaban J connectivity index is 1.86. The molecule has 3 aromatic rings. The van der Waals surface area contributed by atoms with Crippen LogP contribution in [0.4, 0.5) is 18.3 Å². The molecule has 0 fully saturated rings. The molecule has 0 unspecified atom stereocenters. The highest BCUT2D eigenvalue weighted by Crippen LogP contribution is 2.33. The molecule has 27 heavy (non-hydrogen) atoms. The van der Waals surface area contributed by atoms with Crippen molar-refractivity contribution in [3.05, 3.63) is 54.4 Å². The molecular weight excluding hydrogens is 403 g/mol. The van der Waals surface area contributed by atoms with E-state index >= 15 is 0 Å². The highest BCUT2D eigenvalue weighted by Gasteiger charge is 2.31. The number of nitrogens with zero attached hydrogens (tertiary/aromatic N) is 2. The predicted octanol–water partition coefficient (Wildman–Crippen LogP) is 4.21. The van der Waals surface area contributed by atoms with Gasteiger partial charge >= 0.3 is 6.36 Å². The van der Waals surface area contributed by atoms with Crippen LogP contribution in [0.1, 0.15) is 5.69 Å². The average molecular weight is 415 g/mol. The number of halogens is 3. The van der Waals surface area contributed by atoms with E-state index in [1.54, 1.807) is 31.3 Å². The Bertz CT molecular complexity index is 1050. The molecule has 1 N–H and O–H groups in total. The number of pyridine rings is 1. The third-order valence-corrected chi connectivity index (χ3v) is 5.83. The number of hydrogen-bond acceptors (Lipinski definition) is 6. The third-order valence-electron chi connectivity index (χ3n) is 3.27. The maximum atomic E-state index is 12.5. The van der Waals surface area contributed by atoms with E-state index in [-0.39, 0.29) is 10.0 Å². The van der Waals surface area contributed by atoms with Crippen molar-refractivity contribution in [2.75, 3.05) is 4.72 Å². The number of benzene rings is 1. The van der Waals surface area contributed by atoms with Crippen molar-refractivity contribution in [1.82, 2.24) is 9.97 Å². The van der Waals surface area contributed by atoms with Crippen molar-refractivity contribution in [3.8, 4) is 16.3 Å². The van der Waals surface area contributed by atoms with Gasteiger partial charge in [0.15, 0.2) is 5.13 Å². The lowest BCUT2D eigenvalue weighted by molar-refractivity contribution is -0.274. The van der Waals surface area contributed by atoms with Gasteiger partial charge in [0.25, 0.3) is 10.0 Å². The van der Waals surface area contributed by atoms with Gasteiger partial charge in [-0.15, -0.1) is 13.2 Å². The lowest BCUT2D eigenvalue weighted by atomic mass is 10.3. The monoisotopic (exact) mass is 415 g/mol. The second-order valence-electron chi connectivity index (χ2n) is 5.28. The summed E-state index contributed by atoms with van der Waals surface area (Å²) in [5, 5.41) is 0.0790. The van der Waals surface area contributed by atoms with Crippen LogP contribution in [0.15, 0.2) is 53.6 Å². The van der Waals surface area contributed by atoms with Gasteiger partial charge in [-0.1, -0.05) is 23.5 Å². The molecule has 0 aliphatic heterocycles. The highest BCUT2D eigenvalue weighted by atomic mass is 32.2. The number of alkyl halides is 3. The second kappa shape index (κ2) is 7.16. The lowest BCUT2D eigenvalue weighted by Gasteiger charge is -2.10. The Kier molecular flexibility index (Phi) is 5.07. The summed E-state index contributed by atoms with van der Waals surface area (Å²) in [5.41, 5.74) is 1.21. The molecular formula is C16H12F3N3O3S2. The summed E-state index contributed by atoms with van der Waals surface area (Å²) < 4.78 is 68.0. The van der Waals surface area contributed by atoms with Crippen LogP contribution in [0, 0.1) is 6.92 Å². The van der Waals surface area contributed by atoms with Gasteiger partial charge in [0, 0.05) is 12.3 Å². The molecule has 0 aliphatic rings. The van der Waals surface area contributed by atoms with Crippen LogP contribution in [-0.4, -0.2) is 24.7 Å². The summed E-state index contributed by atoms with van der Waals surface area (Å²) in [7, 11) is -4.15. The Morgan fingerprint density at radius 2 is 1.93 bits per heavy atom. The molecule has 0 bridgehead atoms. The molecule has 0 aliphatic carbocycles. The first-order valence-electron chi connectivity index (χ1n) is 7.41. The molecule has 3 rings (SSSR count). The Labute approximate surface area is 156 Å². The maximum absolute atomic E-state index is 12.5. The van der Waals surface area contributed by atoms with Gasteiger partial charge in [-0.2, -0.15) is 0 Å². The minimum atomic E-state index is -4.92. The molecule has 6 nitrogen and oxygen atoms in total. The van der Waals surface area contributed by atoms with Crippen LogP contribution in [0.2, 0.25) is 0 Å². The van der Waals surface area contributed by atoms with Crippen molar-refractivity contribution >= 4 is 26.5 Å². The van der Waals surface area contributed by atoms with Crippen LogP contribution in [0.5, 0.6) is 5.75 Å². The predicted molar refractivity (Wildman–Crippen MR) is 94.0 cm³/mol. The van der Waals surface area contributed by atoms with E-state index in [0.29, 0.717) is 16.3 Å². The van der Waals surface area contributed by atoms with Crippen molar-refractivity contribution in [2.45, 2.75) is 18.2 Å². The van der Waals surface area contributed by atoms with E-state index in [4.69, 9.17) is 0 Å². The number of aromatic nitrogens is 2. The number of ether oxygens (including phenoxy) is 1. The smallest absolute Gasteiger partial charge is 0.406 e. The number of sulfonamides is 1. The van der Waals surface area contributed by atoms with Crippen LogP contribution in [0.3, 0.4) is 0 Å². The minimum absolute atomic E-state index is 0.0790. The van der Waals surface area contributed by atoms with Crippen LogP contribution >= 0.6 is 11.3 Å². The van der Waals surface area contributed by atoms with Gasteiger partial charge in [-0.25, -0.2) is 13.4 Å². The minimum Gasteiger partial charge on any atom is -0.406 e. The molecule has 0 saturated heterocycles. The van der Waals surface area contributed by atoms with Gasteiger partial charge in [0.2, 0.25) is 0 Å². The number of anilines is 1. The summed E-state index contributed by atoms with van der Waals surface area (Å²) in [6.07, 6.45) is -3.32. The summed E-state index contributed by atoms with van der Waals surface area (Å²) >= 11 is 1.07. The fourth-order valence-electron chi connectivity index (χ4n) is 2.19. The van der Waals surface area contributed by atoms with Gasteiger partial charge < -0.3 is 4.74 Å². The quantitative estimate of drug-likeness (QED) is 0.675. The number of aryl methyl sites for hydroxylation is 1. The standard InChI is InChI=1S/C16H12F3N3O3S2/c1-10-14(13-7-2-3-8-20-13)26-15(21-10)22-27(23,24)12-6-4-5-11(9-12)25-16(17,18)19/h2-9H,1H3,(H,21,22). The SMILES string of the molecule is Cc1nc(NS(=O)(=O)c2cccc(OC(F)(F)F)c2)sc1-c1ccccn1. The van der Waals surface area contributed by atoms with E-state index in [1.807, 2.05) is 0 Å². The molecule has 2 aromatic heterocycles. The van der Waals surface area contributed by atoms with Crippen molar-refractivity contribution in [3.63, 3.8) is 0 Å². The molecule has 2 heterocycles. The van der Waals surface area contributed by atoms with Gasteiger partial charge in [0.1, 0.15) is 5.75 Å². The van der Waals surface area contributed by atoms with Gasteiger partial charge in [0.05, 0.1) is 21.2 Å². The van der Waals surface area contributed by atoms with Gasteiger partial charge in [-0.3, -0.25) is 9.71 Å². The van der Waals surface area contributed by atoms with E-state index < -0.39 is 22.1 Å². The van der Waals surface area contributed by atoms with E-state index in [2.05, 4.69) is 19.4 Å². The summed E-state index contributed by atoms with van der Waals surface area (Å²) in [4.78, 5) is 8.65. The van der Waals surface area contributed by atoms with Crippen molar-refractivity contribution in [2.24, 2.45) is 0 Å². The van der Waals surface area contributed by atoms with Gasteiger partial charge in [-0.05, 0) is 31.2 Å². The molecule has 0 amide bonds. The maximum Gasteiger partial charge on any atom is 0.573 e. The zero-order valence-electron chi connectivity index (χ0n) is 13.7. The molecule has 142 valence electrons. The Morgan fingerprint density at radius 1 is 1.15 bits per heavy atom. The zero-order chi connectivity index (χ0) is 19.7. The third kappa shape index (κ3) is 4.74. The molecule has 0 spiro atoms. The largest absolute Gasteiger partial charge is 0.573 e. The molecule has 0 radical (unpaired) electrons. The van der Waals surface area contributed by atoms with Crippen LogP contribution in [0.25, 0.3) is 10.6 Å². The lowest BCUT2D eigenvalue weighted by Crippen LogP contribution is -2.18. The Hall–Kier alpha value is -2.66. The van der Waals surface area contributed by atoms with Crippen LogP contribution < -0.4 is 9.46 Å². The molecule has 1 aromatic carbocycles. The summed E-state index contributed by atoms with van der Waals surface area (Å²) in [6.45, 7) is 1.70. The van der Waals surface area contributed by atoms with Crippen molar-refractivity contribution in [1.29, 1.82) is 0 Å². The number of nitrogens with one attached hydrogen (secondary N) is 1. The van der Waals surface area contributed by atoms with E-state index in [0.717, 1.165) is 35.6 Å². The van der Waals surface area contributed by atoms with E-state index in [1.165, 1.54) is 0 Å². The fourth-order valence-corrected chi connectivity index (χ4v) is 4.40. The Morgan fingerprint density at radius 3 is 2.59 bits per heavy atom. The summed E-state index contributed by atoms with van der Waals surface area (Å²) in [6, 6.07) is 9.41. The topological polar surface area (TPSA) is 81.2 Å². The average Bonchev–Trinajstić information content (AvgIpc) is 2.94. The first kappa shape index (κ1) is 19.1. The van der Waals surface area contributed by atoms with Crippen LogP contribution in [-0.2, 0) is 10.0 Å². The van der Waals surface area contributed by atoms with Crippen molar-refractivity contribution < 1.29 is 26.3 Å². The molecule has 11 heteroatoms. The highest BCUT2D eigenvalue weighted by molar-refractivity contribution is 7.93. The first-order chi connectivity index (χ1) is 12.6. The molecule has 0 saturated carbocycles.